The molecule has 1 aliphatic heterocycles. The van der Waals surface area contributed by atoms with Gasteiger partial charge in [-0.15, -0.1) is 0 Å². The Morgan fingerprint density at radius 3 is 2.72 bits per heavy atom. The SMILES string of the molecule is CCOC(C)C1CN(C(=O)OC(C)(C)C)CCN1. The summed E-state index contributed by atoms with van der Waals surface area (Å²) in [7, 11) is 0. The van der Waals surface area contributed by atoms with Crippen molar-refractivity contribution in [2.75, 3.05) is 26.2 Å². The van der Waals surface area contributed by atoms with Crippen LogP contribution in [-0.2, 0) is 9.47 Å². The van der Waals surface area contributed by atoms with Gasteiger partial charge >= 0.3 is 6.09 Å². The first-order chi connectivity index (χ1) is 8.33. The first-order valence-electron chi connectivity index (χ1n) is 6.66. The van der Waals surface area contributed by atoms with Crippen LogP contribution in [0.15, 0.2) is 0 Å². The molecule has 5 nitrogen and oxygen atoms in total. The molecule has 18 heavy (non-hydrogen) atoms. The number of rotatable bonds is 3. The van der Waals surface area contributed by atoms with Gasteiger partial charge in [-0.3, -0.25) is 0 Å². The van der Waals surface area contributed by atoms with Crippen molar-refractivity contribution in [1.29, 1.82) is 0 Å². The topological polar surface area (TPSA) is 50.8 Å². The van der Waals surface area contributed by atoms with Crippen molar-refractivity contribution in [2.45, 2.75) is 52.4 Å². The number of amides is 1. The first kappa shape index (κ1) is 15.2. The minimum absolute atomic E-state index is 0.0974. The Morgan fingerprint density at radius 2 is 2.17 bits per heavy atom. The van der Waals surface area contributed by atoms with Crippen LogP contribution in [0.1, 0.15) is 34.6 Å². The Bertz CT molecular complexity index is 276. The summed E-state index contributed by atoms with van der Waals surface area (Å²) in [6, 6.07) is 0.172. The molecule has 1 heterocycles. The number of carbonyl (C=O) groups is 1. The van der Waals surface area contributed by atoms with E-state index in [9.17, 15) is 4.79 Å². The molecule has 0 aromatic rings. The molecule has 0 aromatic heterocycles. The molecular weight excluding hydrogens is 232 g/mol. The molecule has 1 saturated heterocycles. The number of ether oxygens (including phenoxy) is 2. The smallest absolute Gasteiger partial charge is 0.410 e. The minimum Gasteiger partial charge on any atom is -0.444 e. The molecule has 0 radical (unpaired) electrons. The molecule has 1 fully saturated rings. The molecule has 1 rings (SSSR count). The zero-order valence-corrected chi connectivity index (χ0v) is 12.2. The maximum atomic E-state index is 12.0. The van der Waals surface area contributed by atoms with Gasteiger partial charge in [-0.2, -0.15) is 0 Å². The molecule has 0 bridgehead atoms. The fraction of sp³-hybridized carbons (Fsp3) is 0.923. The molecule has 0 spiro atoms. The molecule has 0 saturated carbocycles. The molecule has 2 atom stereocenters. The Balaban J connectivity index is 2.50. The summed E-state index contributed by atoms with van der Waals surface area (Å²) in [5.74, 6) is 0. The van der Waals surface area contributed by atoms with E-state index in [0.29, 0.717) is 19.7 Å². The first-order valence-corrected chi connectivity index (χ1v) is 6.66. The normalized spacial score (nSPS) is 22.7. The second-order valence-corrected chi connectivity index (χ2v) is 5.65. The second-order valence-electron chi connectivity index (χ2n) is 5.65. The molecular formula is C13H26N2O3. The zero-order chi connectivity index (χ0) is 13.8. The number of hydrogen-bond donors (Lipinski definition) is 1. The van der Waals surface area contributed by atoms with E-state index < -0.39 is 5.60 Å². The van der Waals surface area contributed by atoms with Gasteiger partial charge in [0, 0.05) is 26.2 Å². The third-order valence-electron chi connectivity index (χ3n) is 2.85. The van der Waals surface area contributed by atoms with Crippen LogP contribution in [0, 0.1) is 0 Å². The largest absolute Gasteiger partial charge is 0.444 e. The fourth-order valence-corrected chi connectivity index (χ4v) is 1.96. The number of hydrogen-bond acceptors (Lipinski definition) is 4. The molecule has 5 heteroatoms. The summed E-state index contributed by atoms with van der Waals surface area (Å²) in [5, 5.41) is 3.38. The Morgan fingerprint density at radius 1 is 1.50 bits per heavy atom. The van der Waals surface area contributed by atoms with Gasteiger partial charge in [0.25, 0.3) is 0 Å². The molecule has 1 amide bonds. The van der Waals surface area contributed by atoms with Gasteiger partial charge < -0.3 is 19.7 Å². The van der Waals surface area contributed by atoms with Crippen molar-refractivity contribution in [1.82, 2.24) is 10.2 Å². The predicted molar refractivity (Wildman–Crippen MR) is 70.7 cm³/mol. The van der Waals surface area contributed by atoms with E-state index >= 15 is 0 Å². The van der Waals surface area contributed by atoms with Crippen molar-refractivity contribution in [3.63, 3.8) is 0 Å². The highest BCUT2D eigenvalue weighted by Crippen LogP contribution is 2.13. The molecule has 106 valence electrons. The van der Waals surface area contributed by atoms with Crippen LogP contribution >= 0.6 is 0 Å². The number of nitrogens with one attached hydrogen (secondary N) is 1. The van der Waals surface area contributed by atoms with Gasteiger partial charge in [-0.25, -0.2) is 4.79 Å². The lowest BCUT2D eigenvalue weighted by Gasteiger charge is -2.37. The summed E-state index contributed by atoms with van der Waals surface area (Å²) in [5.41, 5.74) is -0.441. The lowest BCUT2D eigenvalue weighted by atomic mass is 10.1. The highest BCUT2D eigenvalue weighted by Gasteiger charge is 2.29. The van der Waals surface area contributed by atoms with E-state index in [0.717, 1.165) is 6.54 Å². The van der Waals surface area contributed by atoms with Gasteiger partial charge in [-0.05, 0) is 34.6 Å². The van der Waals surface area contributed by atoms with E-state index in [1.165, 1.54) is 0 Å². The summed E-state index contributed by atoms with van der Waals surface area (Å²) >= 11 is 0. The van der Waals surface area contributed by atoms with Crippen molar-refractivity contribution in [3.05, 3.63) is 0 Å². The summed E-state index contributed by atoms with van der Waals surface area (Å²) in [4.78, 5) is 13.7. The highest BCUT2D eigenvalue weighted by molar-refractivity contribution is 5.68. The van der Waals surface area contributed by atoms with Crippen LogP contribution < -0.4 is 5.32 Å². The number of carbonyl (C=O) groups excluding carboxylic acids is 1. The molecule has 0 aromatic carbocycles. The van der Waals surface area contributed by atoms with E-state index in [2.05, 4.69) is 5.32 Å². The van der Waals surface area contributed by atoms with Crippen LogP contribution in [0.5, 0.6) is 0 Å². The van der Waals surface area contributed by atoms with Crippen LogP contribution in [0.25, 0.3) is 0 Å². The van der Waals surface area contributed by atoms with Gasteiger partial charge in [0.1, 0.15) is 5.60 Å². The molecule has 2 unspecified atom stereocenters. The average molecular weight is 258 g/mol. The summed E-state index contributed by atoms with van der Waals surface area (Å²) in [6.07, 6.45) is -0.141. The lowest BCUT2D eigenvalue weighted by molar-refractivity contribution is 0.000290. The van der Waals surface area contributed by atoms with Gasteiger partial charge in [-0.1, -0.05) is 0 Å². The molecule has 1 aliphatic rings. The maximum absolute atomic E-state index is 12.0. The molecule has 1 N–H and O–H groups in total. The van der Waals surface area contributed by atoms with Crippen molar-refractivity contribution >= 4 is 6.09 Å². The zero-order valence-electron chi connectivity index (χ0n) is 12.2. The van der Waals surface area contributed by atoms with E-state index in [4.69, 9.17) is 9.47 Å². The predicted octanol–water partition coefficient (Wildman–Crippen LogP) is 1.62. The third-order valence-corrected chi connectivity index (χ3v) is 2.85. The van der Waals surface area contributed by atoms with Crippen molar-refractivity contribution < 1.29 is 14.3 Å². The fourth-order valence-electron chi connectivity index (χ4n) is 1.96. The van der Waals surface area contributed by atoms with Crippen LogP contribution in [0.2, 0.25) is 0 Å². The van der Waals surface area contributed by atoms with Gasteiger partial charge in [0.15, 0.2) is 0 Å². The Labute approximate surface area is 110 Å². The highest BCUT2D eigenvalue weighted by atomic mass is 16.6. The van der Waals surface area contributed by atoms with Gasteiger partial charge in [0.05, 0.1) is 12.1 Å². The second kappa shape index (κ2) is 6.38. The quantitative estimate of drug-likeness (QED) is 0.836. The van der Waals surface area contributed by atoms with Crippen LogP contribution in [0.3, 0.4) is 0 Å². The number of nitrogens with zero attached hydrogens (tertiary/aromatic N) is 1. The number of piperazine rings is 1. The van der Waals surface area contributed by atoms with Crippen molar-refractivity contribution in [3.8, 4) is 0 Å². The Kier molecular flexibility index (Phi) is 5.41. The van der Waals surface area contributed by atoms with E-state index in [1.54, 1.807) is 4.90 Å². The van der Waals surface area contributed by atoms with Crippen molar-refractivity contribution in [2.24, 2.45) is 0 Å². The van der Waals surface area contributed by atoms with Crippen LogP contribution in [0.4, 0.5) is 4.79 Å². The third kappa shape index (κ3) is 4.82. The summed E-state index contributed by atoms with van der Waals surface area (Å²) < 4.78 is 11.0. The Hall–Kier alpha value is -0.810. The maximum Gasteiger partial charge on any atom is 0.410 e. The standard InChI is InChI=1S/C13H26N2O3/c1-6-17-10(2)11-9-15(8-7-14-11)12(16)18-13(3,4)5/h10-11,14H,6-9H2,1-5H3. The molecule has 0 aliphatic carbocycles. The minimum atomic E-state index is -0.441. The average Bonchev–Trinajstić information content (AvgIpc) is 2.27. The monoisotopic (exact) mass is 258 g/mol. The summed E-state index contributed by atoms with van der Waals surface area (Å²) in [6.45, 7) is 12.4. The van der Waals surface area contributed by atoms with E-state index in [-0.39, 0.29) is 18.2 Å². The van der Waals surface area contributed by atoms with Crippen LogP contribution in [-0.4, -0.2) is 55.0 Å². The lowest BCUT2D eigenvalue weighted by Crippen LogP contribution is -2.57. The van der Waals surface area contributed by atoms with Gasteiger partial charge in [0.2, 0.25) is 0 Å². The van der Waals surface area contributed by atoms with E-state index in [1.807, 2.05) is 34.6 Å².